The molecule has 0 radical (unpaired) electrons. The molecule has 0 saturated carbocycles. The van der Waals surface area contributed by atoms with Gasteiger partial charge in [-0.1, -0.05) is 26.2 Å². The van der Waals surface area contributed by atoms with Crippen LogP contribution in [0.4, 0.5) is 0 Å². The van der Waals surface area contributed by atoms with Gasteiger partial charge >= 0.3 is 0 Å². The van der Waals surface area contributed by atoms with Crippen molar-refractivity contribution in [2.45, 2.75) is 45.4 Å². The molecule has 2 unspecified atom stereocenters. The van der Waals surface area contributed by atoms with Crippen LogP contribution in [-0.2, 0) is 11.4 Å². The third kappa shape index (κ3) is 4.20. The van der Waals surface area contributed by atoms with Crippen LogP contribution in [0.2, 0.25) is 0 Å². The largest absolute Gasteiger partial charge is 0.598 e. The predicted octanol–water partition coefficient (Wildman–Crippen LogP) is 2.57. The van der Waals surface area contributed by atoms with Crippen LogP contribution >= 0.6 is 0 Å². The van der Waals surface area contributed by atoms with Crippen LogP contribution in [0.1, 0.15) is 45.4 Å². The molecule has 1 heterocycles. The number of hydrogen-bond acceptors (Lipinski definition) is 2. The van der Waals surface area contributed by atoms with Crippen molar-refractivity contribution >= 4 is 11.4 Å². The molecule has 14 heavy (non-hydrogen) atoms. The second kappa shape index (κ2) is 6.70. The summed E-state index contributed by atoms with van der Waals surface area (Å²) in [4.78, 5) is 0. The Bertz CT molecular complexity index is 152. The van der Waals surface area contributed by atoms with Gasteiger partial charge in [-0.2, -0.15) is 0 Å². The molecule has 1 aliphatic rings. The smallest absolute Gasteiger partial charge is 0.115 e. The lowest BCUT2D eigenvalue weighted by atomic mass is 9.94. The molecule has 2 atom stereocenters. The highest BCUT2D eigenvalue weighted by atomic mass is 32.2. The molecule has 0 N–H and O–H groups in total. The third-order valence-corrected chi connectivity index (χ3v) is 4.12. The first kappa shape index (κ1) is 12.3. The summed E-state index contributed by atoms with van der Waals surface area (Å²) >= 11 is -0.747. The van der Waals surface area contributed by atoms with Gasteiger partial charge in [0.25, 0.3) is 0 Å². The zero-order valence-corrected chi connectivity index (χ0v) is 10.3. The molecule has 0 spiro atoms. The first-order valence-electron chi connectivity index (χ1n) is 5.82. The Balaban J connectivity index is 2.19. The fourth-order valence-corrected chi connectivity index (χ4v) is 2.99. The van der Waals surface area contributed by atoms with Gasteiger partial charge in [-0.25, -0.2) is 0 Å². The highest BCUT2D eigenvalue weighted by Gasteiger charge is 2.24. The van der Waals surface area contributed by atoms with E-state index in [2.05, 4.69) is 11.2 Å². The van der Waals surface area contributed by atoms with Gasteiger partial charge in [-0.05, 0) is 25.2 Å². The molecule has 84 valence electrons. The number of piperidine rings is 1. The number of unbranched alkanes of at least 4 members (excludes halogenated alkanes) is 2. The zero-order chi connectivity index (χ0) is 10.4. The molecule has 3 heteroatoms. The average molecular weight is 217 g/mol. The van der Waals surface area contributed by atoms with Crippen molar-refractivity contribution in [2.75, 3.05) is 19.3 Å². The normalized spacial score (nSPS) is 26.4. The Morgan fingerprint density at radius 1 is 1.43 bits per heavy atom. The van der Waals surface area contributed by atoms with E-state index in [1.807, 2.05) is 0 Å². The van der Waals surface area contributed by atoms with Gasteiger partial charge in [0, 0.05) is 24.5 Å². The maximum absolute atomic E-state index is 11.3. The van der Waals surface area contributed by atoms with Crippen LogP contribution < -0.4 is 0 Å². The van der Waals surface area contributed by atoms with Crippen molar-refractivity contribution in [3.05, 3.63) is 0 Å². The van der Waals surface area contributed by atoms with Crippen molar-refractivity contribution in [1.82, 2.24) is 4.31 Å². The molecule has 0 bridgehead atoms. The van der Waals surface area contributed by atoms with Crippen molar-refractivity contribution in [1.29, 1.82) is 0 Å². The summed E-state index contributed by atoms with van der Waals surface area (Å²) in [6.07, 6.45) is 9.72. The molecule has 1 aliphatic heterocycles. The Morgan fingerprint density at radius 3 is 2.86 bits per heavy atom. The van der Waals surface area contributed by atoms with Crippen LogP contribution in [0.25, 0.3) is 0 Å². The minimum atomic E-state index is -0.747. The van der Waals surface area contributed by atoms with Gasteiger partial charge in [0.2, 0.25) is 0 Å². The molecule has 0 amide bonds. The van der Waals surface area contributed by atoms with Crippen molar-refractivity contribution in [3.63, 3.8) is 0 Å². The molecule has 1 saturated heterocycles. The van der Waals surface area contributed by atoms with Gasteiger partial charge in [0.05, 0.1) is 0 Å². The standard InChI is InChI=1S/C11H23NOS/c1-3-4-5-7-11-8-6-9-12(10-11)14(2)13/h11H,3-10H2,1-2H3. The van der Waals surface area contributed by atoms with Gasteiger partial charge in [-0.15, -0.1) is 4.31 Å². The number of hydrogen-bond donors (Lipinski definition) is 0. The fraction of sp³-hybridized carbons (Fsp3) is 1.00. The Kier molecular flexibility index (Phi) is 5.90. The summed E-state index contributed by atoms with van der Waals surface area (Å²) in [6.45, 7) is 4.34. The monoisotopic (exact) mass is 217 g/mol. The van der Waals surface area contributed by atoms with Crippen LogP contribution in [0, 0.1) is 5.92 Å². The summed E-state index contributed by atoms with van der Waals surface area (Å²) < 4.78 is 13.4. The van der Waals surface area contributed by atoms with Crippen LogP contribution in [-0.4, -0.2) is 28.2 Å². The second-order valence-electron chi connectivity index (χ2n) is 4.32. The van der Waals surface area contributed by atoms with Crippen molar-refractivity contribution in [2.24, 2.45) is 5.92 Å². The summed E-state index contributed by atoms with van der Waals surface area (Å²) in [5, 5.41) is 0. The Morgan fingerprint density at radius 2 is 2.21 bits per heavy atom. The molecule has 2 nitrogen and oxygen atoms in total. The van der Waals surface area contributed by atoms with Crippen LogP contribution in [0.3, 0.4) is 0 Å². The highest BCUT2D eigenvalue weighted by Crippen LogP contribution is 2.23. The first-order chi connectivity index (χ1) is 6.74. The lowest BCUT2D eigenvalue weighted by Crippen LogP contribution is -2.39. The fourth-order valence-electron chi connectivity index (χ4n) is 2.18. The molecule has 0 aliphatic carbocycles. The van der Waals surface area contributed by atoms with Gasteiger partial charge in [0.1, 0.15) is 6.26 Å². The van der Waals surface area contributed by atoms with E-state index in [0.29, 0.717) is 0 Å². The van der Waals surface area contributed by atoms with E-state index in [1.165, 1.54) is 38.5 Å². The SMILES string of the molecule is CCCCCC1CCCN([S+](C)[O-])C1. The summed E-state index contributed by atoms with van der Waals surface area (Å²) in [5.74, 6) is 0.805. The van der Waals surface area contributed by atoms with Crippen LogP contribution in [0.15, 0.2) is 0 Å². The van der Waals surface area contributed by atoms with Crippen molar-refractivity contribution in [3.8, 4) is 0 Å². The van der Waals surface area contributed by atoms with Gasteiger partial charge < -0.3 is 4.55 Å². The number of rotatable bonds is 5. The van der Waals surface area contributed by atoms with Crippen LogP contribution in [0.5, 0.6) is 0 Å². The quantitative estimate of drug-likeness (QED) is 0.522. The molecule has 0 aromatic rings. The van der Waals surface area contributed by atoms with E-state index < -0.39 is 11.4 Å². The first-order valence-corrected chi connectivity index (χ1v) is 7.34. The summed E-state index contributed by atoms with van der Waals surface area (Å²) in [7, 11) is 0. The van der Waals surface area contributed by atoms with E-state index in [9.17, 15) is 4.55 Å². The molecule has 0 aromatic heterocycles. The maximum atomic E-state index is 11.3. The van der Waals surface area contributed by atoms with Crippen molar-refractivity contribution < 1.29 is 4.55 Å². The zero-order valence-electron chi connectivity index (χ0n) is 9.50. The molecular formula is C11H23NOS. The van der Waals surface area contributed by atoms with E-state index in [1.54, 1.807) is 6.26 Å². The van der Waals surface area contributed by atoms with E-state index in [4.69, 9.17) is 0 Å². The minimum absolute atomic E-state index is 0.747. The maximum Gasteiger partial charge on any atom is 0.115 e. The Hall–Kier alpha value is 0.270. The van der Waals surface area contributed by atoms with Gasteiger partial charge in [-0.3, -0.25) is 0 Å². The summed E-state index contributed by atoms with van der Waals surface area (Å²) in [5.41, 5.74) is 0. The molecule has 1 fully saturated rings. The van der Waals surface area contributed by atoms with E-state index >= 15 is 0 Å². The minimum Gasteiger partial charge on any atom is -0.598 e. The molecule has 0 aromatic carbocycles. The van der Waals surface area contributed by atoms with E-state index in [0.717, 1.165) is 19.0 Å². The third-order valence-electron chi connectivity index (χ3n) is 3.06. The molecule has 1 rings (SSSR count). The average Bonchev–Trinajstić information content (AvgIpc) is 2.19. The summed E-state index contributed by atoms with van der Waals surface area (Å²) in [6, 6.07) is 0. The molecular weight excluding hydrogens is 194 g/mol. The second-order valence-corrected chi connectivity index (χ2v) is 5.68. The lowest BCUT2D eigenvalue weighted by molar-refractivity contribution is 0.252. The van der Waals surface area contributed by atoms with Gasteiger partial charge in [0.15, 0.2) is 0 Å². The topological polar surface area (TPSA) is 26.3 Å². The lowest BCUT2D eigenvalue weighted by Gasteiger charge is -2.31. The Labute approximate surface area is 91.4 Å². The van der Waals surface area contributed by atoms with E-state index in [-0.39, 0.29) is 0 Å². The predicted molar refractivity (Wildman–Crippen MR) is 62.5 cm³/mol. The highest BCUT2D eigenvalue weighted by molar-refractivity contribution is 7.88. The number of nitrogens with zero attached hydrogens (tertiary/aromatic N) is 1.